The summed E-state index contributed by atoms with van der Waals surface area (Å²) in [6, 6.07) is 12.8. The van der Waals surface area contributed by atoms with Crippen molar-refractivity contribution in [2.75, 3.05) is 25.5 Å². The molecule has 0 bridgehead atoms. The summed E-state index contributed by atoms with van der Waals surface area (Å²) in [5.41, 5.74) is 4.66. The van der Waals surface area contributed by atoms with E-state index in [1.807, 2.05) is 43.0 Å². The highest BCUT2D eigenvalue weighted by molar-refractivity contribution is 5.97. The Morgan fingerprint density at radius 1 is 1.18 bits per heavy atom. The summed E-state index contributed by atoms with van der Waals surface area (Å²) in [7, 11) is 1.63. The quantitative estimate of drug-likeness (QED) is 0.544. The fraction of sp³-hybridized carbons (Fsp3) is 0.333. The molecule has 1 heterocycles. The van der Waals surface area contributed by atoms with E-state index >= 15 is 0 Å². The molecular formula is C21H27N3O4. The topological polar surface area (TPSA) is 90.9 Å². The number of methoxy groups -OCH3 is 1. The fourth-order valence-corrected chi connectivity index (χ4v) is 2.98. The zero-order valence-electron chi connectivity index (χ0n) is 16.5. The summed E-state index contributed by atoms with van der Waals surface area (Å²) in [6.07, 6.45) is 0.795. The Morgan fingerprint density at radius 2 is 1.89 bits per heavy atom. The molecule has 150 valence electrons. The smallest absolute Gasteiger partial charge is 0.274 e. The van der Waals surface area contributed by atoms with Crippen LogP contribution in [0.2, 0.25) is 0 Å². The van der Waals surface area contributed by atoms with E-state index in [0.717, 1.165) is 23.3 Å². The number of nitrogens with zero attached hydrogens (tertiary/aromatic N) is 1. The Morgan fingerprint density at radius 3 is 2.54 bits per heavy atom. The normalized spacial score (nSPS) is 13.4. The zero-order valence-corrected chi connectivity index (χ0v) is 16.5. The largest absolute Gasteiger partial charge is 0.497 e. The Hall–Kier alpha value is -2.90. The third-order valence-corrected chi connectivity index (χ3v) is 4.38. The maximum atomic E-state index is 12.1. The Kier molecular flexibility index (Phi) is 7.98. The van der Waals surface area contributed by atoms with Gasteiger partial charge in [0.1, 0.15) is 5.75 Å². The predicted molar refractivity (Wildman–Crippen MR) is 108 cm³/mol. The molecule has 0 aromatic heterocycles. The number of ether oxygens (including phenoxy) is 1. The minimum atomic E-state index is -0.576. The number of rotatable bonds is 5. The van der Waals surface area contributed by atoms with Crippen molar-refractivity contribution in [1.29, 1.82) is 0 Å². The van der Waals surface area contributed by atoms with Crippen molar-refractivity contribution in [2.45, 2.75) is 26.8 Å². The Labute approximate surface area is 165 Å². The lowest BCUT2D eigenvalue weighted by Crippen LogP contribution is -2.31. The average Bonchev–Trinajstić information content (AvgIpc) is 2.90. The number of hydrogen-bond acceptors (Lipinski definition) is 5. The molecule has 2 aromatic carbocycles. The van der Waals surface area contributed by atoms with Crippen molar-refractivity contribution in [3.63, 3.8) is 0 Å². The van der Waals surface area contributed by atoms with Crippen LogP contribution < -0.4 is 15.5 Å². The maximum Gasteiger partial charge on any atom is 0.274 e. The van der Waals surface area contributed by atoms with Crippen LogP contribution in [-0.2, 0) is 17.8 Å². The Bertz CT molecular complexity index is 806. The maximum absolute atomic E-state index is 12.1. The van der Waals surface area contributed by atoms with Crippen molar-refractivity contribution in [2.24, 2.45) is 0 Å². The molecule has 3 rings (SSSR count). The van der Waals surface area contributed by atoms with Crippen LogP contribution in [0.3, 0.4) is 0 Å². The molecule has 3 N–H and O–H groups in total. The first-order valence-electron chi connectivity index (χ1n) is 9.31. The molecule has 0 spiro atoms. The van der Waals surface area contributed by atoms with E-state index in [-0.39, 0.29) is 12.5 Å². The molecule has 1 aliphatic heterocycles. The number of benzene rings is 2. The summed E-state index contributed by atoms with van der Waals surface area (Å²) >= 11 is 0. The molecule has 2 amide bonds. The highest BCUT2D eigenvalue weighted by atomic mass is 16.5. The number of nitrogens with one attached hydrogen (secondary N) is 2. The van der Waals surface area contributed by atoms with Gasteiger partial charge >= 0.3 is 0 Å². The average molecular weight is 385 g/mol. The third-order valence-electron chi connectivity index (χ3n) is 4.38. The number of carbonyl (C=O) groups is 2. The van der Waals surface area contributed by atoms with Gasteiger partial charge in [0, 0.05) is 24.3 Å². The number of hydrogen-bond donors (Lipinski definition) is 3. The highest BCUT2D eigenvalue weighted by Gasteiger charge is 2.20. The lowest BCUT2D eigenvalue weighted by molar-refractivity contribution is -0.117. The molecular weight excluding hydrogens is 358 g/mol. The van der Waals surface area contributed by atoms with E-state index in [0.29, 0.717) is 24.3 Å². The van der Waals surface area contributed by atoms with Crippen molar-refractivity contribution >= 4 is 17.5 Å². The van der Waals surface area contributed by atoms with Gasteiger partial charge in [-0.15, -0.1) is 0 Å². The standard InChI is InChI=1S/C19H21N3O4.C2H6/c1-26-16-5-2-13(3-6-16)8-9-22-11-15-10-14(19(24)21-25)4-7-17(15)20-18(23)12-22;1-2/h2-7,10,25H,8-9,11-12H2,1H3,(H,20,23)(H,21,24);1-2H3. The Balaban J connectivity index is 0.00000136. The van der Waals surface area contributed by atoms with Gasteiger partial charge in [-0.2, -0.15) is 0 Å². The summed E-state index contributed by atoms with van der Waals surface area (Å²) in [6.45, 7) is 5.53. The molecule has 0 fully saturated rings. The van der Waals surface area contributed by atoms with E-state index in [9.17, 15) is 9.59 Å². The van der Waals surface area contributed by atoms with Gasteiger partial charge in [0.25, 0.3) is 5.91 Å². The van der Waals surface area contributed by atoms with E-state index in [4.69, 9.17) is 9.94 Å². The van der Waals surface area contributed by atoms with E-state index in [1.54, 1.807) is 30.8 Å². The molecule has 0 aliphatic carbocycles. The predicted octanol–water partition coefficient (Wildman–Crippen LogP) is 2.84. The SMILES string of the molecule is CC.COc1ccc(CCN2CC(=O)Nc3ccc(C(=O)NO)cc3C2)cc1. The molecule has 0 atom stereocenters. The lowest BCUT2D eigenvalue weighted by atomic mass is 10.1. The zero-order chi connectivity index (χ0) is 20.5. The number of amides is 2. The van der Waals surface area contributed by atoms with Crippen molar-refractivity contribution in [1.82, 2.24) is 10.4 Å². The van der Waals surface area contributed by atoms with E-state index in [2.05, 4.69) is 5.32 Å². The van der Waals surface area contributed by atoms with Crippen LogP contribution in [0.25, 0.3) is 0 Å². The number of anilines is 1. The molecule has 0 radical (unpaired) electrons. The molecule has 7 heteroatoms. The third kappa shape index (κ3) is 5.55. The molecule has 2 aromatic rings. The first kappa shape index (κ1) is 21.4. The van der Waals surface area contributed by atoms with Gasteiger partial charge in [-0.25, -0.2) is 5.48 Å². The van der Waals surface area contributed by atoms with Gasteiger partial charge in [0.05, 0.1) is 13.7 Å². The van der Waals surface area contributed by atoms with Crippen molar-refractivity contribution < 1.29 is 19.5 Å². The number of fused-ring (bicyclic) bond motifs is 1. The number of hydroxylamine groups is 1. The molecule has 7 nitrogen and oxygen atoms in total. The second-order valence-electron chi connectivity index (χ2n) is 6.17. The minimum absolute atomic E-state index is 0.0853. The monoisotopic (exact) mass is 385 g/mol. The highest BCUT2D eigenvalue weighted by Crippen LogP contribution is 2.23. The van der Waals surface area contributed by atoms with Gasteiger partial charge in [-0.1, -0.05) is 26.0 Å². The second-order valence-corrected chi connectivity index (χ2v) is 6.17. The van der Waals surface area contributed by atoms with Crippen LogP contribution in [0.15, 0.2) is 42.5 Å². The summed E-state index contributed by atoms with van der Waals surface area (Å²) in [4.78, 5) is 25.8. The van der Waals surface area contributed by atoms with Gasteiger partial charge < -0.3 is 10.1 Å². The van der Waals surface area contributed by atoms with Gasteiger partial charge in [0.2, 0.25) is 5.91 Å². The lowest BCUT2D eigenvalue weighted by Gasteiger charge is -2.19. The van der Waals surface area contributed by atoms with E-state index in [1.165, 1.54) is 0 Å². The first-order chi connectivity index (χ1) is 13.6. The van der Waals surface area contributed by atoms with Crippen LogP contribution in [0.5, 0.6) is 5.75 Å². The molecule has 1 aliphatic rings. The summed E-state index contributed by atoms with van der Waals surface area (Å²) in [5.74, 6) is 0.150. The first-order valence-corrected chi connectivity index (χ1v) is 9.31. The molecule has 0 unspecified atom stereocenters. The second kappa shape index (κ2) is 10.4. The van der Waals surface area contributed by atoms with Crippen molar-refractivity contribution in [3.8, 4) is 5.75 Å². The van der Waals surface area contributed by atoms with Crippen LogP contribution >= 0.6 is 0 Å². The molecule has 28 heavy (non-hydrogen) atoms. The van der Waals surface area contributed by atoms with Gasteiger partial charge in [-0.3, -0.25) is 19.7 Å². The molecule has 0 saturated carbocycles. The summed E-state index contributed by atoms with van der Waals surface area (Å²) < 4.78 is 5.16. The van der Waals surface area contributed by atoms with E-state index < -0.39 is 5.91 Å². The van der Waals surface area contributed by atoms with Crippen LogP contribution in [0.1, 0.15) is 35.3 Å². The van der Waals surface area contributed by atoms with Crippen LogP contribution in [-0.4, -0.2) is 42.1 Å². The minimum Gasteiger partial charge on any atom is -0.497 e. The van der Waals surface area contributed by atoms with Crippen LogP contribution in [0, 0.1) is 0 Å². The number of carbonyl (C=O) groups excluding carboxylic acids is 2. The fourth-order valence-electron chi connectivity index (χ4n) is 2.98. The van der Waals surface area contributed by atoms with Gasteiger partial charge in [-0.05, 0) is 47.9 Å². The summed E-state index contributed by atoms with van der Waals surface area (Å²) in [5, 5.41) is 11.7. The van der Waals surface area contributed by atoms with Crippen LogP contribution in [0.4, 0.5) is 5.69 Å². The van der Waals surface area contributed by atoms with Gasteiger partial charge in [0.15, 0.2) is 0 Å². The van der Waals surface area contributed by atoms with Crippen molar-refractivity contribution in [3.05, 3.63) is 59.2 Å². The molecule has 0 saturated heterocycles.